The van der Waals surface area contributed by atoms with E-state index in [1.54, 1.807) is 12.1 Å². The van der Waals surface area contributed by atoms with Gasteiger partial charge in [-0.05, 0) is 52.8 Å². The van der Waals surface area contributed by atoms with Gasteiger partial charge in [0.1, 0.15) is 18.2 Å². The molecule has 1 aliphatic rings. The van der Waals surface area contributed by atoms with Crippen molar-refractivity contribution in [1.82, 2.24) is 4.90 Å². The van der Waals surface area contributed by atoms with E-state index >= 15 is 0 Å². The molecule has 2 unspecified atom stereocenters. The summed E-state index contributed by atoms with van der Waals surface area (Å²) in [7, 11) is 0. The number of nitrogens with zero attached hydrogens (tertiary/aromatic N) is 1. The van der Waals surface area contributed by atoms with Gasteiger partial charge >= 0.3 is 6.09 Å². The van der Waals surface area contributed by atoms with Gasteiger partial charge in [0.25, 0.3) is 0 Å². The Morgan fingerprint density at radius 2 is 1.67 bits per heavy atom. The topological polar surface area (TPSA) is 59.0 Å². The Morgan fingerprint density at radius 3 is 2.44 bits per heavy atom. The van der Waals surface area contributed by atoms with Crippen molar-refractivity contribution in [2.45, 2.75) is 31.7 Å². The molecule has 1 fully saturated rings. The van der Waals surface area contributed by atoms with Crippen LogP contribution in [-0.2, 0) is 18.0 Å². The van der Waals surface area contributed by atoms with Crippen LogP contribution in [0.5, 0.6) is 5.75 Å². The molecule has 2 atom stereocenters. The molecule has 1 saturated heterocycles. The highest BCUT2D eigenvalue weighted by Gasteiger charge is 2.33. The number of amides is 1. The average Bonchev–Trinajstić information content (AvgIpc) is 2.91. The number of fused-ring (bicyclic) bond motifs is 1. The molecule has 0 aliphatic carbocycles. The van der Waals surface area contributed by atoms with E-state index in [9.17, 15) is 14.3 Å². The average molecular weight is 486 g/mol. The quantitative estimate of drug-likeness (QED) is 0.320. The van der Waals surface area contributed by atoms with E-state index in [4.69, 9.17) is 9.47 Å². The fourth-order valence-electron chi connectivity index (χ4n) is 4.83. The number of carbonyl (C=O) groups is 1. The van der Waals surface area contributed by atoms with Crippen LogP contribution >= 0.6 is 0 Å². The number of hydrogen-bond donors (Lipinski definition) is 1. The summed E-state index contributed by atoms with van der Waals surface area (Å²) in [5, 5.41) is 11.6. The summed E-state index contributed by atoms with van der Waals surface area (Å²) in [6, 6.07) is 28.6. The number of halogens is 1. The van der Waals surface area contributed by atoms with Crippen LogP contribution in [0, 0.1) is 5.82 Å². The monoisotopic (exact) mass is 485 g/mol. The Bertz CT molecular complexity index is 1330. The van der Waals surface area contributed by atoms with Crippen molar-refractivity contribution in [2.24, 2.45) is 0 Å². The van der Waals surface area contributed by atoms with Crippen LogP contribution in [0.25, 0.3) is 10.8 Å². The Morgan fingerprint density at radius 1 is 0.917 bits per heavy atom. The van der Waals surface area contributed by atoms with Crippen molar-refractivity contribution < 1.29 is 23.8 Å². The normalized spacial score (nSPS) is 17.8. The maximum absolute atomic E-state index is 13.5. The summed E-state index contributed by atoms with van der Waals surface area (Å²) in [5.41, 5.74) is 2.99. The molecule has 5 nitrogen and oxygen atoms in total. The largest absolute Gasteiger partial charge is 0.488 e. The van der Waals surface area contributed by atoms with E-state index in [1.807, 2.05) is 60.7 Å². The molecule has 184 valence electrons. The summed E-state index contributed by atoms with van der Waals surface area (Å²) in [6.07, 6.45) is -0.685. The molecule has 0 saturated carbocycles. The number of rotatable bonds is 7. The standard InChI is InChI=1S/C30H28FNO4/c31-25-12-10-23(11-13-25)27-14-15-32(30(33)34)18-29(27)36-20-22-16-24-8-4-5-9-26(24)28(17-22)35-19-21-6-2-1-3-7-21/h1-13,16-17,27,29H,14-15,18-20H2,(H,33,34). The molecule has 1 aliphatic heterocycles. The lowest BCUT2D eigenvalue weighted by Gasteiger charge is -2.37. The van der Waals surface area contributed by atoms with Gasteiger partial charge in [0.15, 0.2) is 0 Å². The van der Waals surface area contributed by atoms with Gasteiger partial charge in [0.05, 0.1) is 19.3 Å². The van der Waals surface area contributed by atoms with Crippen LogP contribution in [0.15, 0.2) is 91.0 Å². The highest BCUT2D eigenvalue weighted by Crippen LogP contribution is 2.33. The van der Waals surface area contributed by atoms with Crippen molar-refractivity contribution in [3.8, 4) is 5.75 Å². The molecule has 0 radical (unpaired) electrons. The van der Waals surface area contributed by atoms with Gasteiger partial charge in [-0.2, -0.15) is 0 Å². The van der Waals surface area contributed by atoms with Gasteiger partial charge in [-0.1, -0.05) is 66.7 Å². The van der Waals surface area contributed by atoms with Gasteiger partial charge in [-0.25, -0.2) is 9.18 Å². The fourth-order valence-corrected chi connectivity index (χ4v) is 4.83. The third kappa shape index (κ3) is 5.50. The maximum atomic E-state index is 13.5. The molecule has 4 aromatic carbocycles. The second-order valence-electron chi connectivity index (χ2n) is 9.11. The van der Waals surface area contributed by atoms with Crippen molar-refractivity contribution >= 4 is 16.9 Å². The first kappa shape index (κ1) is 23.8. The molecule has 1 N–H and O–H groups in total. The van der Waals surface area contributed by atoms with Crippen LogP contribution in [0.1, 0.15) is 29.0 Å². The van der Waals surface area contributed by atoms with Crippen LogP contribution in [0.3, 0.4) is 0 Å². The van der Waals surface area contributed by atoms with Gasteiger partial charge in [0.2, 0.25) is 0 Å². The molecule has 0 spiro atoms. The van der Waals surface area contributed by atoms with Crippen LogP contribution in [-0.4, -0.2) is 35.3 Å². The Kier molecular flexibility index (Phi) is 7.14. The van der Waals surface area contributed by atoms with Crippen LogP contribution in [0.2, 0.25) is 0 Å². The second kappa shape index (κ2) is 10.8. The van der Waals surface area contributed by atoms with Crippen LogP contribution in [0.4, 0.5) is 9.18 Å². The minimum Gasteiger partial charge on any atom is -0.488 e. The zero-order valence-corrected chi connectivity index (χ0v) is 19.8. The van der Waals surface area contributed by atoms with Crippen molar-refractivity contribution in [3.63, 3.8) is 0 Å². The Hall–Kier alpha value is -3.90. The first-order valence-electron chi connectivity index (χ1n) is 12.1. The van der Waals surface area contributed by atoms with Crippen molar-refractivity contribution in [2.75, 3.05) is 13.1 Å². The van der Waals surface area contributed by atoms with Crippen molar-refractivity contribution in [3.05, 3.63) is 114 Å². The molecule has 36 heavy (non-hydrogen) atoms. The lowest BCUT2D eigenvalue weighted by Crippen LogP contribution is -2.46. The molecule has 4 aromatic rings. The molecule has 0 bridgehead atoms. The Labute approximate surface area is 209 Å². The van der Waals surface area contributed by atoms with Gasteiger partial charge < -0.3 is 19.5 Å². The molecule has 1 heterocycles. The lowest BCUT2D eigenvalue weighted by atomic mass is 9.87. The molecular weight excluding hydrogens is 457 g/mol. The van der Waals surface area contributed by atoms with E-state index in [0.29, 0.717) is 26.2 Å². The summed E-state index contributed by atoms with van der Waals surface area (Å²) in [4.78, 5) is 13.0. The van der Waals surface area contributed by atoms with Crippen LogP contribution < -0.4 is 4.74 Å². The Balaban J connectivity index is 1.37. The number of carboxylic acid groups (broad SMARTS) is 1. The first-order chi connectivity index (χ1) is 17.6. The first-order valence-corrected chi connectivity index (χ1v) is 12.1. The van der Waals surface area contributed by atoms with E-state index in [0.717, 1.165) is 33.2 Å². The van der Waals surface area contributed by atoms with E-state index in [1.165, 1.54) is 17.0 Å². The molecule has 6 heteroatoms. The third-order valence-electron chi connectivity index (χ3n) is 6.71. The third-order valence-corrected chi connectivity index (χ3v) is 6.71. The summed E-state index contributed by atoms with van der Waals surface area (Å²) in [5.74, 6) is 0.468. The SMILES string of the molecule is O=C(O)N1CCC(c2ccc(F)cc2)C(OCc2cc(OCc3ccccc3)c3ccccc3c2)C1. The van der Waals surface area contributed by atoms with Gasteiger partial charge in [-0.3, -0.25) is 0 Å². The number of benzene rings is 4. The van der Waals surface area contributed by atoms with Gasteiger partial charge in [-0.15, -0.1) is 0 Å². The zero-order valence-electron chi connectivity index (χ0n) is 19.8. The minimum absolute atomic E-state index is 0.0181. The number of likely N-dealkylation sites (tertiary alicyclic amines) is 1. The number of ether oxygens (including phenoxy) is 2. The minimum atomic E-state index is -0.955. The van der Waals surface area contributed by atoms with Gasteiger partial charge in [0, 0.05) is 17.8 Å². The molecule has 5 rings (SSSR count). The molecule has 1 amide bonds. The van der Waals surface area contributed by atoms with Crippen molar-refractivity contribution in [1.29, 1.82) is 0 Å². The second-order valence-corrected chi connectivity index (χ2v) is 9.11. The summed E-state index contributed by atoms with van der Waals surface area (Å²) < 4.78 is 26.1. The summed E-state index contributed by atoms with van der Waals surface area (Å²) in [6.45, 7) is 1.45. The number of piperidine rings is 1. The zero-order chi connectivity index (χ0) is 24.9. The number of hydrogen-bond acceptors (Lipinski definition) is 3. The predicted molar refractivity (Wildman–Crippen MR) is 137 cm³/mol. The highest BCUT2D eigenvalue weighted by molar-refractivity contribution is 5.89. The fraction of sp³-hybridized carbons (Fsp3) is 0.233. The summed E-state index contributed by atoms with van der Waals surface area (Å²) >= 11 is 0. The lowest BCUT2D eigenvalue weighted by molar-refractivity contribution is -0.0199. The molecule has 0 aromatic heterocycles. The highest BCUT2D eigenvalue weighted by atomic mass is 19.1. The molecular formula is C30H28FNO4. The predicted octanol–water partition coefficient (Wildman–Crippen LogP) is 6.61. The maximum Gasteiger partial charge on any atom is 0.407 e. The van der Waals surface area contributed by atoms with E-state index in [-0.39, 0.29) is 24.4 Å². The van der Waals surface area contributed by atoms with E-state index in [2.05, 4.69) is 6.07 Å². The smallest absolute Gasteiger partial charge is 0.407 e. The van der Waals surface area contributed by atoms with E-state index < -0.39 is 6.09 Å².